The molecule has 20 heavy (non-hydrogen) atoms. The van der Waals surface area contributed by atoms with Gasteiger partial charge in [-0.2, -0.15) is 0 Å². The Morgan fingerprint density at radius 3 is 2.40 bits per heavy atom. The average molecular weight is 268 g/mol. The topological polar surface area (TPSA) is 66.9 Å². The summed E-state index contributed by atoms with van der Waals surface area (Å²) in [4.78, 5) is 19.6. The van der Waals surface area contributed by atoms with Crippen LogP contribution >= 0.6 is 0 Å². The molecule has 1 fully saturated rings. The van der Waals surface area contributed by atoms with Crippen LogP contribution in [0.2, 0.25) is 0 Å². The van der Waals surface area contributed by atoms with Gasteiger partial charge in [-0.05, 0) is 37.1 Å². The molecular formula is C15H16N4O. The lowest BCUT2D eigenvalue weighted by Crippen LogP contribution is -2.13. The number of hydrogen-bond donors (Lipinski definition) is 2. The van der Waals surface area contributed by atoms with Crippen molar-refractivity contribution in [1.29, 1.82) is 0 Å². The highest BCUT2D eigenvalue weighted by molar-refractivity contribution is 5.94. The number of carbonyl (C=O) groups excluding carboxylic acids is 1. The van der Waals surface area contributed by atoms with Crippen molar-refractivity contribution in [1.82, 2.24) is 9.97 Å². The van der Waals surface area contributed by atoms with Crippen LogP contribution in [0.25, 0.3) is 0 Å². The molecule has 5 heteroatoms. The second-order valence-electron chi connectivity index (χ2n) is 4.94. The van der Waals surface area contributed by atoms with E-state index in [0.29, 0.717) is 6.54 Å². The summed E-state index contributed by atoms with van der Waals surface area (Å²) >= 11 is 0. The third-order valence-electron chi connectivity index (χ3n) is 3.21. The first-order chi connectivity index (χ1) is 9.81. The van der Waals surface area contributed by atoms with Crippen LogP contribution in [0.1, 0.15) is 18.4 Å². The zero-order valence-electron chi connectivity index (χ0n) is 11.0. The van der Waals surface area contributed by atoms with E-state index in [1.807, 2.05) is 24.3 Å². The molecule has 2 aromatic rings. The molecule has 1 aromatic heterocycles. The number of nitrogens with zero attached hydrogens (tertiary/aromatic N) is 2. The highest BCUT2D eigenvalue weighted by Crippen LogP contribution is 2.30. The van der Waals surface area contributed by atoms with Crippen LogP contribution in [-0.4, -0.2) is 15.9 Å². The van der Waals surface area contributed by atoms with Crippen molar-refractivity contribution in [2.75, 3.05) is 10.6 Å². The van der Waals surface area contributed by atoms with E-state index in [2.05, 4.69) is 20.6 Å². The Morgan fingerprint density at radius 2 is 1.75 bits per heavy atom. The molecule has 0 bridgehead atoms. The third kappa shape index (κ3) is 3.32. The van der Waals surface area contributed by atoms with Crippen molar-refractivity contribution in [3.63, 3.8) is 0 Å². The Balaban J connectivity index is 1.54. The van der Waals surface area contributed by atoms with Gasteiger partial charge >= 0.3 is 0 Å². The highest BCUT2D eigenvalue weighted by atomic mass is 16.2. The van der Waals surface area contributed by atoms with Crippen molar-refractivity contribution in [2.24, 2.45) is 5.92 Å². The molecule has 1 heterocycles. The molecule has 1 aliphatic carbocycles. The van der Waals surface area contributed by atoms with Crippen LogP contribution < -0.4 is 10.6 Å². The average Bonchev–Trinajstić information content (AvgIpc) is 3.32. The largest absolute Gasteiger partial charge is 0.381 e. The zero-order chi connectivity index (χ0) is 13.8. The minimum atomic E-state index is 0.132. The molecule has 1 aromatic carbocycles. The molecular weight excluding hydrogens is 252 g/mol. The number of hydrogen-bond acceptors (Lipinski definition) is 4. The fourth-order valence-corrected chi connectivity index (χ4v) is 1.89. The molecule has 0 saturated heterocycles. The zero-order valence-corrected chi connectivity index (χ0v) is 11.0. The summed E-state index contributed by atoms with van der Waals surface area (Å²) in [5, 5.41) is 6.20. The van der Waals surface area contributed by atoms with Gasteiger partial charge in [0, 0.05) is 41.8 Å². The SMILES string of the molecule is O=C(Nc1ccc(NCc2cncnc2)cc1)C1CC1. The summed E-state index contributed by atoms with van der Waals surface area (Å²) in [5.41, 5.74) is 2.87. The van der Waals surface area contributed by atoms with Crippen LogP contribution in [0.3, 0.4) is 0 Å². The number of benzene rings is 1. The Bertz CT molecular complexity index is 579. The molecule has 5 nitrogen and oxygen atoms in total. The number of nitrogens with one attached hydrogen (secondary N) is 2. The minimum absolute atomic E-state index is 0.132. The molecule has 0 atom stereocenters. The van der Waals surface area contributed by atoms with Gasteiger partial charge in [0.2, 0.25) is 5.91 Å². The van der Waals surface area contributed by atoms with Crippen LogP contribution in [0.15, 0.2) is 43.0 Å². The summed E-state index contributed by atoms with van der Waals surface area (Å²) in [7, 11) is 0. The maximum Gasteiger partial charge on any atom is 0.227 e. The van der Waals surface area contributed by atoms with Gasteiger partial charge in [-0.1, -0.05) is 0 Å². The Kier molecular flexibility index (Phi) is 3.58. The van der Waals surface area contributed by atoms with E-state index in [9.17, 15) is 4.79 Å². The van der Waals surface area contributed by atoms with Crippen LogP contribution in [0, 0.1) is 5.92 Å². The molecule has 0 spiro atoms. The Morgan fingerprint density at radius 1 is 1.10 bits per heavy atom. The van der Waals surface area contributed by atoms with Gasteiger partial charge in [0.1, 0.15) is 6.33 Å². The van der Waals surface area contributed by atoms with E-state index < -0.39 is 0 Å². The van der Waals surface area contributed by atoms with Crippen molar-refractivity contribution in [3.8, 4) is 0 Å². The molecule has 0 unspecified atom stereocenters. The standard InChI is InChI=1S/C15H16N4O/c20-15(12-1-2-12)19-14-5-3-13(4-6-14)18-9-11-7-16-10-17-8-11/h3-8,10,12,18H,1-2,9H2,(H,19,20). The highest BCUT2D eigenvalue weighted by Gasteiger charge is 2.29. The van der Waals surface area contributed by atoms with Crippen LogP contribution in [0.5, 0.6) is 0 Å². The number of aromatic nitrogens is 2. The Hall–Kier alpha value is -2.43. The first-order valence-corrected chi connectivity index (χ1v) is 6.70. The molecule has 102 valence electrons. The van der Waals surface area contributed by atoms with Crippen molar-refractivity contribution in [2.45, 2.75) is 19.4 Å². The van der Waals surface area contributed by atoms with Gasteiger partial charge < -0.3 is 10.6 Å². The third-order valence-corrected chi connectivity index (χ3v) is 3.21. The van der Waals surface area contributed by atoms with Gasteiger partial charge in [-0.3, -0.25) is 4.79 Å². The van der Waals surface area contributed by atoms with Crippen molar-refractivity contribution in [3.05, 3.63) is 48.5 Å². The molecule has 2 N–H and O–H groups in total. The maximum atomic E-state index is 11.6. The lowest BCUT2D eigenvalue weighted by molar-refractivity contribution is -0.117. The summed E-state index contributed by atoms with van der Waals surface area (Å²) in [5.74, 6) is 0.359. The van der Waals surface area contributed by atoms with Crippen molar-refractivity contribution < 1.29 is 4.79 Å². The normalized spacial score (nSPS) is 13.8. The lowest BCUT2D eigenvalue weighted by atomic mass is 10.2. The first-order valence-electron chi connectivity index (χ1n) is 6.70. The fourth-order valence-electron chi connectivity index (χ4n) is 1.89. The predicted octanol–water partition coefficient (Wildman–Crippen LogP) is 2.44. The molecule has 3 rings (SSSR count). The van der Waals surface area contributed by atoms with Crippen LogP contribution in [0.4, 0.5) is 11.4 Å². The number of amides is 1. The Labute approximate surface area is 117 Å². The first kappa shape index (κ1) is 12.6. The van der Waals surface area contributed by atoms with E-state index in [0.717, 1.165) is 29.8 Å². The fraction of sp³-hybridized carbons (Fsp3) is 0.267. The van der Waals surface area contributed by atoms with Crippen molar-refractivity contribution >= 4 is 17.3 Å². The maximum absolute atomic E-state index is 11.6. The number of anilines is 2. The van der Waals surface area contributed by atoms with E-state index in [1.54, 1.807) is 12.4 Å². The molecule has 1 amide bonds. The monoisotopic (exact) mass is 268 g/mol. The molecule has 0 aliphatic heterocycles. The molecule has 0 radical (unpaired) electrons. The minimum Gasteiger partial charge on any atom is -0.381 e. The van der Waals surface area contributed by atoms with Gasteiger partial charge in [-0.15, -0.1) is 0 Å². The van der Waals surface area contributed by atoms with Gasteiger partial charge in [0.15, 0.2) is 0 Å². The van der Waals surface area contributed by atoms with E-state index >= 15 is 0 Å². The van der Waals surface area contributed by atoms with Gasteiger partial charge in [0.05, 0.1) is 0 Å². The smallest absolute Gasteiger partial charge is 0.227 e. The van der Waals surface area contributed by atoms with Gasteiger partial charge in [0.25, 0.3) is 0 Å². The lowest BCUT2D eigenvalue weighted by Gasteiger charge is -2.08. The predicted molar refractivity (Wildman–Crippen MR) is 77.2 cm³/mol. The van der Waals surface area contributed by atoms with E-state index in [-0.39, 0.29) is 11.8 Å². The number of rotatable bonds is 5. The van der Waals surface area contributed by atoms with Crippen LogP contribution in [-0.2, 0) is 11.3 Å². The second-order valence-corrected chi connectivity index (χ2v) is 4.94. The second kappa shape index (κ2) is 5.69. The summed E-state index contributed by atoms with van der Waals surface area (Å²) in [6.07, 6.45) is 7.12. The van der Waals surface area contributed by atoms with E-state index in [1.165, 1.54) is 6.33 Å². The van der Waals surface area contributed by atoms with E-state index in [4.69, 9.17) is 0 Å². The summed E-state index contributed by atoms with van der Waals surface area (Å²) < 4.78 is 0. The molecule has 1 aliphatic rings. The van der Waals surface area contributed by atoms with Gasteiger partial charge in [-0.25, -0.2) is 9.97 Å². The summed E-state index contributed by atoms with van der Waals surface area (Å²) in [6.45, 7) is 0.675. The number of carbonyl (C=O) groups is 1. The summed E-state index contributed by atoms with van der Waals surface area (Å²) in [6, 6.07) is 7.72. The quantitative estimate of drug-likeness (QED) is 0.874. The molecule has 1 saturated carbocycles.